The molecule has 0 aliphatic carbocycles. The van der Waals surface area contributed by atoms with Crippen molar-refractivity contribution >= 4 is 5.91 Å². The first-order valence-corrected chi connectivity index (χ1v) is 6.48. The lowest BCUT2D eigenvalue weighted by Gasteiger charge is -2.31. The number of rotatable bonds is 6. The molecule has 0 unspecified atom stereocenters. The van der Waals surface area contributed by atoms with Crippen LogP contribution in [0, 0.1) is 0 Å². The molecule has 0 spiro atoms. The van der Waals surface area contributed by atoms with E-state index < -0.39 is 0 Å². The van der Waals surface area contributed by atoms with Gasteiger partial charge in [0.1, 0.15) is 0 Å². The largest absolute Gasteiger partial charge is 0.355 e. The number of carbonyl (C=O) groups excluding carboxylic acids is 1. The molecule has 1 aliphatic heterocycles. The highest BCUT2D eigenvalue weighted by atomic mass is 16.2. The molecular weight excluding hydrogens is 202 g/mol. The van der Waals surface area contributed by atoms with E-state index in [2.05, 4.69) is 29.4 Å². The molecule has 0 aromatic carbocycles. The third kappa shape index (κ3) is 4.94. The van der Waals surface area contributed by atoms with Gasteiger partial charge in [-0.1, -0.05) is 13.8 Å². The van der Waals surface area contributed by atoms with Gasteiger partial charge in [-0.15, -0.1) is 0 Å². The molecule has 0 atom stereocenters. The zero-order valence-corrected chi connectivity index (χ0v) is 10.6. The maximum absolute atomic E-state index is 11.5. The third-order valence-electron chi connectivity index (χ3n) is 3.02. The van der Waals surface area contributed by atoms with Gasteiger partial charge in [0.15, 0.2) is 0 Å². The van der Waals surface area contributed by atoms with Gasteiger partial charge in [0.05, 0.1) is 6.54 Å². The maximum Gasteiger partial charge on any atom is 0.234 e. The number of nitrogens with zero attached hydrogens (tertiary/aromatic N) is 1. The fourth-order valence-electron chi connectivity index (χ4n) is 2.11. The molecule has 1 heterocycles. The SMILES string of the molecule is CCCNC(=O)CN1CCC(NCC)CC1. The predicted octanol–water partition coefficient (Wildman–Crippen LogP) is 0.587. The molecule has 4 nitrogen and oxygen atoms in total. The quantitative estimate of drug-likeness (QED) is 0.698. The summed E-state index contributed by atoms with van der Waals surface area (Å²) >= 11 is 0. The van der Waals surface area contributed by atoms with Crippen LogP contribution in [0.15, 0.2) is 0 Å². The second kappa shape index (κ2) is 7.63. The van der Waals surface area contributed by atoms with Crippen LogP contribution in [0.4, 0.5) is 0 Å². The fraction of sp³-hybridized carbons (Fsp3) is 0.917. The number of hydrogen-bond donors (Lipinski definition) is 2. The second-order valence-electron chi connectivity index (χ2n) is 4.46. The van der Waals surface area contributed by atoms with Crippen LogP contribution in [0.25, 0.3) is 0 Å². The Kier molecular flexibility index (Phi) is 6.42. The van der Waals surface area contributed by atoms with Crippen molar-refractivity contribution in [3.05, 3.63) is 0 Å². The molecule has 0 aromatic heterocycles. The molecule has 0 radical (unpaired) electrons. The average Bonchev–Trinajstić information content (AvgIpc) is 2.29. The number of amides is 1. The van der Waals surface area contributed by atoms with Crippen molar-refractivity contribution in [1.29, 1.82) is 0 Å². The summed E-state index contributed by atoms with van der Waals surface area (Å²) in [6.45, 7) is 8.70. The van der Waals surface area contributed by atoms with Crippen LogP contribution in [0.2, 0.25) is 0 Å². The van der Waals surface area contributed by atoms with Crippen LogP contribution in [0.3, 0.4) is 0 Å². The molecule has 4 heteroatoms. The van der Waals surface area contributed by atoms with E-state index in [1.165, 1.54) is 0 Å². The fourth-order valence-corrected chi connectivity index (χ4v) is 2.11. The summed E-state index contributed by atoms with van der Waals surface area (Å²) in [6.07, 6.45) is 3.33. The molecule has 1 rings (SSSR count). The first kappa shape index (κ1) is 13.5. The van der Waals surface area contributed by atoms with Crippen LogP contribution in [0.5, 0.6) is 0 Å². The Hall–Kier alpha value is -0.610. The predicted molar refractivity (Wildman–Crippen MR) is 66.4 cm³/mol. The van der Waals surface area contributed by atoms with Gasteiger partial charge in [0, 0.05) is 25.7 Å². The summed E-state index contributed by atoms with van der Waals surface area (Å²) in [5.41, 5.74) is 0. The minimum absolute atomic E-state index is 0.170. The Bertz CT molecular complexity index is 200. The van der Waals surface area contributed by atoms with Gasteiger partial charge in [-0.2, -0.15) is 0 Å². The average molecular weight is 227 g/mol. The standard InChI is InChI=1S/C12H25N3O/c1-3-7-14-12(16)10-15-8-5-11(6-9-15)13-4-2/h11,13H,3-10H2,1-2H3,(H,14,16). The summed E-state index contributed by atoms with van der Waals surface area (Å²) in [4.78, 5) is 13.8. The Morgan fingerprint density at radius 2 is 2.00 bits per heavy atom. The van der Waals surface area contributed by atoms with Crippen LogP contribution in [-0.4, -0.2) is 49.6 Å². The number of nitrogens with one attached hydrogen (secondary N) is 2. The highest BCUT2D eigenvalue weighted by molar-refractivity contribution is 5.77. The smallest absolute Gasteiger partial charge is 0.234 e. The molecule has 94 valence electrons. The van der Waals surface area contributed by atoms with E-state index in [0.717, 1.165) is 45.4 Å². The summed E-state index contributed by atoms with van der Waals surface area (Å²) in [5, 5.41) is 6.39. The van der Waals surface area contributed by atoms with E-state index in [0.29, 0.717) is 12.6 Å². The van der Waals surface area contributed by atoms with Gasteiger partial charge in [-0.3, -0.25) is 9.69 Å². The van der Waals surface area contributed by atoms with Crippen molar-refractivity contribution in [2.75, 3.05) is 32.7 Å². The first-order chi connectivity index (χ1) is 7.76. The number of piperidine rings is 1. The van der Waals surface area contributed by atoms with Gasteiger partial charge >= 0.3 is 0 Å². The number of likely N-dealkylation sites (tertiary alicyclic amines) is 1. The zero-order valence-electron chi connectivity index (χ0n) is 10.6. The van der Waals surface area contributed by atoms with E-state index in [4.69, 9.17) is 0 Å². The number of hydrogen-bond acceptors (Lipinski definition) is 3. The van der Waals surface area contributed by atoms with Crippen molar-refractivity contribution < 1.29 is 4.79 Å². The van der Waals surface area contributed by atoms with Crippen LogP contribution >= 0.6 is 0 Å². The lowest BCUT2D eigenvalue weighted by atomic mass is 10.1. The summed E-state index contributed by atoms with van der Waals surface area (Å²) in [5.74, 6) is 0.170. The van der Waals surface area contributed by atoms with Crippen molar-refractivity contribution in [2.45, 2.75) is 39.2 Å². The lowest BCUT2D eigenvalue weighted by Crippen LogP contribution is -2.46. The Labute approximate surface area is 98.8 Å². The first-order valence-electron chi connectivity index (χ1n) is 6.48. The highest BCUT2D eigenvalue weighted by Crippen LogP contribution is 2.09. The summed E-state index contributed by atoms with van der Waals surface area (Å²) in [6, 6.07) is 0.653. The van der Waals surface area contributed by atoms with E-state index in [1.54, 1.807) is 0 Å². The van der Waals surface area contributed by atoms with Crippen LogP contribution < -0.4 is 10.6 Å². The topological polar surface area (TPSA) is 44.4 Å². The van der Waals surface area contributed by atoms with Crippen molar-refractivity contribution in [2.24, 2.45) is 0 Å². The maximum atomic E-state index is 11.5. The van der Waals surface area contributed by atoms with E-state index >= 15 is 0 Å². The highest BCUT2D eigenvalue weighted by Gasteiger charge is 2.19. The molecule has 0 saturated carbocycles. The monoisotopic (exact) mass is 227 g/mol. The van der Waals surface area contributed by atoms with Gasteiger partial charge in [0.2, 0.25) is 5.91 Å². The third-order valence-corrected chi connectivity index (χ3v) is 3.02. The Balaban J connectivity index is 2.14. The normalized spacial score (nSPS) is 18.6. The Morgan fingerprint density at radius 3 is 2.56 bits per heavy atom. The minimum atomic E-state index is 0.170. The van der Waals surface area contributed by atoms with Crippen LogP contribution in [0.1, 0.15) is 33.1 Å². The minimum Gasteiger partial charge on any atom is -0.355 e. The summed E-state index contributed by atoms with van der Waals surface area (Å²) in [7, 11) is 0. The van der Waals surface area contributed by atoms with E-state index in [-0.39, 0.29) is 5.91 Å². The molecule has 16 heavy (non-hydrogen) atoms. The van der Waals surface area contributed by atoms with Crippen LogP contribution in [-0.2, 0) is 4.79 Å². The van der Waals surface area contributed by atoms with Crippen molar-refractivity contribution in [3.8, 4) is 0 Å². The number of carbonyl (C=O) groups is 1. The van der Waals surface area contributed by atoms with Crippen molar-refractivity contribution in [3.63, 3.8) is 0 Å². The van der Waals surface area contributed by atoms with E-state index in [9.17, 15) is 4.79 Å². The van der Waals surface area contributed by atoms with Crippen molar-refractivity contribution in [1.82, 2.24) is 15.5 Å². The van der Waals surface area contributed by atoms with Gasteiger partial charge in [0.25, 0.3) is 0 Å². The Morgan fingerprint density at radius 1 is 1.31 bits per heavy atom. The summed E-state index contributed by atoms with van der Waals surface area (Å²) < 4.78 is 0. The lowest BCUT2D eigenvalue weighted by molar-refractivity contribution is -0.122. The molecule has 1 saturated heterocycles. The van der Waals surface area contributed by atoms with Gasteiger partial charge in [-0.25, -0.2) is 0 Å². The molecule has 2 N–H and O–H groups in total. The van der Waals surface area contributed by atoms with Gasteiger partial charge < -0.3 is 10.6 Å². The van der Waals surface area contributed by atoms with E-state index in [1.807, 2.05) is 0 Å². The molecule has 1 aliphatic rings. The molecule has 0 aromatic rings. The molecule has 1 fully saturated rings. The second-order valence-corrected chi connectivity index (χ2v) is 4.46. The zero-order chi connectivity index (χ0) is 11.8. The molecular formula is C12H25N3O. The van der Waals surface area contributed by atoms with Gasteiger partial charge in [-0.05, 0) is 25.8 Å². The molecule has 0 bridgehead atoms. The molecule has 1 amide bonds.